The molecule has 0 saturated carbocycles. The van der Waals surface area contributed by atoms with Crippen LogP contribution in [0.1, 0.15) is 40.1 Å². The van der Waals surface area contributed by atoms with Crippen molar-refractivity contribution in [2.45, 2.75) is 32.7 Å². The largest absolute Gasteiger partial charge is 0.507 e. The molecule has 0 amide bonds. The molecule has 1 aromatic heterocycles. The molecule has 1 aliphatic rings. The summed E-state index contributed by atoms with van der Waals surface area (Å²) in [5, 5.41) is 11.2. The lowest BCUT2D eigenvalue weighted by atomic mass is 10.0. The summed E-state index contributed by atoms with van der Waals surface area (Å²) in [5.41, 5.74) is 2.97. The van der Waals surface area contributed by atoms with Gasteiger partial charge in [0.15, 0.2) is 0 Å². The number of fused-ring (bicyclic) bond motifs is 1. The highest BCUT2D eigenvalue weighted by molar-refractivity contribution is 6.06. The summed E-state index contributed by atoms with van der Waals surface area (Å²) in [7, 11) is 0. The Morgan fingerprint density at radius 1 is 1.14 bits per heavy atom. The van der Waals surface area contributed by atoms with Gasteiger partial charge < -0.3 is 19.2 Å². The van der Waals surface area contributed by atoms with E-state index in [0.29, 0.717) is 41.9 Å². The number of nitrogens with one attached hydrogen (secondary N) is 1. The van der Waals surface area contributed by atoms with E-state index < -0.39 is 5.97 Å². The number of esters is 1. The van der Waals surface area contributed by atoms with E-state index in [9.17, 15) is 9.90 Å². The first-order valence-electron chi connectivity index (χ1n) is 9.92. The molecular weight excluding hydrogens is 354 g/mol. The topological polar surface area (TPSA) is 64.1 Å². The Morgan fingerprint density at radius 3 is 2.64 bits per heavy atom. The molecule has 2 N–H and O–H groups in total. The number of carbonyl (C=O) groups is 1. The van der Waals surface area contributed by atoms with Crippen LogP contribution in [0.4, 0.5) is 0 Å². The second-order valence-electron chi connectivity index (χ2n) is 7.48. The van der Waals surface area contributed by atoms with Crippen molar-refractivity contribution < 1.29 is 24.0 Å². The summed E-state index contributed by atoms with van der Waals surface area (Å²) in [5.74, 6) is 0.351. The van der Waals surface area contributed by atoms with Crippen molar-refractivity contribution in [1.29, 1.82) is 0 Å². The van der Waals surface area contributed by atoms with E-state index in [1.54, 1.807) is 19.1 Å². The number of carbonyl (C=O) groups excluding carboxylic acids is 1. The maximum absolute atomic E-state index is 12.9. The fourth-order valence-corrected chi connectivity index (χ4v) is 4.07. The summed E-state index contributed by atoms with van der Waals surface area (Å²) in [4.78, 5) is 14.3. The zero-order chi connectivity index (χ0) is 19.5. The van der Waals surface area contributed by atoms with Crippen LogP contribution in [0.25, 0.3) is 11.0 Å². The highest BCUT2D eigenvalue weighted by Crippen LogP contribution is 2.34. The Bertz CT molecular complexity index is 971. The molecule has 0 unspecified atom stereocenters. The van der Waals surface area contributed by atoms with Gasteiger partial charge in [0.05, 0.1) is 25.3 Å². The third kappa shape index (κ3) is 3.76. The average molecular weight is 380 g/mol. The number of furan rings is 1. The van der Waals surface area contributed by atoms with Gasteiger partial charge in [-0.25, -0.2) is 4.79 Å². The van der Waals surface area contributed by atoms with Crippen molar-refractivity contribution in [3.05, 3.63) is 64.9 Å². The quantitative estimate of drug-likeness (QED) is 0.645. The van der Waals surface area contributed by atoms with E-state index in [2.05, 4.69) is 0 Å². The van der Waals surface area contributed by atoms with Gasteiger partial charge in [0.2, 0.25) is 0 Å². The lowest BCUT2D eigenvalue weighted by Crippen LogP contribution is -3.08. The molecule has 2 heterocycles. The number of phenolic OH excluding ortho intramolecular Hbond substituents is 1. The van der Waals surface area contributed by atoms with Gasteiger partial charge in [-0.2, -0.15) is 0 Å². The van der Waals surface area contributed by atoms with Gasteiger partial charge >= 0.3 is 5.97 Å². The highest BCUT2D eigenvalue weighted by Gasteiger charge is 2.27. The molecule has 1 aliphatic heterocycles. The highest BCUT2D eigenvalue weighted by atomic mass is 16.5. The van der Waals surface area contributed by atoms with E-state index in [4.69, 9.17) is 9.15 Å². The molecule has 5 nitrogen and oxygen atoms in total. The van der Waals surface area contributed by atoms with E-state index in [-0.39, 0.29) is 5.75 Å². The summed E-state index contributed by atoms with van der Waals surface area (Å²) >= 11 is 0. The Morgan fingerprint density at radius 2 is 1.89 bits per heavy atom. The first-order chi connectivity index (χ1) is 13.6. The SMILES string of the molecule is Cc1oc2ccc(O)c(C[NH+]3CCCC3)c2c1C(=O)OCCc1ccccc1. The van der Waals surface area contributed by atoms with Crippen LogP contribution in [0.15, 0.2) is 46.9 Å². The van der Waals surface area contributed by atoms with E-state index in [1.807, 2.05) is 30.3 Å². The number of hydrogen-bond donors (Lipinski definition) is 2. The minimum atomic E-state index is -0.393. The van der Waals surface area contributed by atoms with Gasteiger partial charge in [-0.3, -0.25) is 0 Å². The first-order valence-corrected chi connectivity index (χ1v) is 9.92. The predicted octanol–water partition coefficient (Wildman–Crippen LogP) is 3.03. The van der Waals surface area contributed by atoms with E-state index in [0.717, 1.165) is 24.2 Å². The third-order valence-electron chi connectivity index (χ3n) is 5.52. The normalized spacial score (nSPS) is 14.6. The lowest BCUT2D eigenvalue weighted by molar-refractivity contribution is -0.901. The van der Waals surface area contributed by atoms with Crippen LogP contribution in [0.2, 0.25) is 0 Å². The number of rotatable bonds is 6. The minimum absolute atomic E-state index is 0.214. The molecule has 5 heteroatoms. The van der Waals surface area contributed by atoms with E-state index in [1.165, 1.54) is 17.7 Å². The monoisotopic (exact) mass is 380 g/mol. The summed E-state index contributed by atoms with van der Waals surface area (Å²) in [6.07, 6.45) is 3.06. The number of benzene rings is 2. The second-order valence-corrected chi connectivity index (χ2v) is 7.48. The number of aryl methyl sites for hydroxylation is 1. The Kier molecular flexibility index (Phi) is 5.35. The van der Waals surface area contributed by atoms with Crippen LogP contribution in [-0.2, 0) is 17.7 Å². The smallest absolute Gasteiger partial charge is 0.342 e. The molecule has 0 spiro atoms. The van der Waals surface area contributed by atoms with Crippen molar-refractivity contribution >= 4 is 16.9 Å². The number of quaternary nitrogens is 1. The second kappa shape index (κ2) is 8.07. The fourth-order valence-electron chi connectivity index (χ4n) is 4.07. The van der Waals surface area contributed by atoms with Gasteiger partial charge in [0.1, 0.15) is 29.2 Å². The van der Waals surface area contributed by atoms with Crippen molar-refractivity contribution in [3.63, 3.8) is 0 Å². The number of likely N-dealkylation sites (tertiary alicyclic amines) is 1. The zero-order valence-electron chi connectivity index (χ0n) is 16.2. The molecule has 0 bridgehead atoms. The molecule has 146 valence electrons. The summed E-state index contributed by atoms with van der Waals surface area (Å²) in [6, 6.07) is 13.3. The molecule has 3 aromatic rings. The fraction of sp³-hybridized carbons (Fsp3) is 0.348. The van der Waals surface area contributed by atoms with Crippen molar-refractivity contribution in [2.75, 3.05) is 19.7 Å². The van der Waals surface area contributed by atoms with Crippen LogP contribution in [0.5, 0.6) is 5.75 Å². The molecule has 0 radical (unpaired) electrons. The summed E-state index contributed by atoms with van der Waals surface area (Å²) in [6.45, 7) is 4.94. The Labute approximate surface area is 164 Å². The molecule has 0 aliphatic carbocycles. The number of aromatic hydroxyl groups is 1. The van der Waals surface area contributed by atoms with Crippen LogP contribution in [0.3, 0.4) is 0 Å². The Hall–Kier alpha value is -2.79. The lowest BCUT2D eigenvalue weighted by Gasteiger charge is -2.14. The van der Waals surface area contributed by atoms with Crippen molar-refractivity contribution in [1.82, 2.24) is 0 Å². The van der Waals surface area contributed by atoms with Crippen LogP contribution >= 0.6 is 0 Å². The van der Waals surface area contributed by atoms with Crippen LogP contribution in [-0.4, -0.2) is 30.8 Å². The van der Waals surface area contributed by atoms with E-state index >= 15 is 0 Å². The molecular formula is C23H26NO4+. The molecule has 4 rings (SSSR count). The molecule has 2 aromatic carbocycles. The van der Waals surface area contributed by atoms with Gasteiger partial charge in [-0.1, -0.05) is 30.3 Å². The number of hydrogen-bond acceptors (Lipinski definition) is 4. The standard InChI is InChI=1S/C23H25NO4/c1-16-21(23(26)27-14-11-17-7-3-2-4-8-17)22-18(15-24-12-5-6-13-24)19(25)9-10-20(22)28-16/h2-4,7-10,25H,5-6,11-15H2,1H3/p+1. The number of phenols is 1. The summed E-state index contributed by atoms with van der Waals surface area (Å²) < 4.78 is 11.4. The van der Waals surface area contributed by atoms with Crippen molar-refractivity contribution in [3.8, 4) is 5.75 Å². The van der Waals surface area contributed by atoms with Gasteiger partial charge in [0, 0.05) is 24.6 Å². The van der Waals surface area contributed by atoms with Crippen LogP contribution < -0.4 is 4.90 Å². The van der Waals surface area contributed by atoms with Crippen molar-refractivity contribution in [2.24, 2.45) is 0 Å². The molecule has 0 atom stereocenters. The molecule has 28 heavy (non-hydrogen) atoms. The third-order valence-corrected chi connectivity index (χ3v) is 5.52. The zero-order valence-corrected chi connectivity index (χ0v) is 16.2. The number of ether oxygens (including phenoxy) is 1. The molecule has 1 saturated heterocycles. The first kappa shape index (κ1) is 18.6. The molecule has 1 fully saturated rings. The van der Waals surface area contributed by atoms with Gasteiger partial charge in [-0.15, -0.1) is 0 Å². The van der Waals surface area contributed by atoms with Crippen LogP contribution in [0, 0.1) is 6.92 Å². The Balaban J connectivity index is 1.59. The maximum atomic E-state index is 12.9. The minimum Gasteiger partial charge on any atom is -0.507 e. The van der Waals surface area contributed by atoms with Gasteiger partial charge in [0.25, 0.3) is 0 Å². The average Bonchev–Trinajstić information content (AvgIpc) is 3.32. The predicted molar refractivity (Wildman–Crippen MR) is 107 cm³/mol. The maximum Gasteiger partial charge on any atom is 0.342 e. The van der Waals surface area contributed by atoms with Gasteiger partial charge in [-0.05, 0) is 24.6 Å².